The summed E-state index contributed by atoms with van der Waals surface area (Å²) >= 11 is 1.41. The molecule has 0 bridgehead atoms. The second-order valence-corrected chi connectivity index (χ2v) is 6.65. The Balaban J connectivity index is 1.44. The summed E-state index contributed by atoms with van der Waals surface area (Å²) in [7, 11) is 0. The summed E-state index contributed by atoms with van der Waals surface area (Å²) in [5.41, 5.74) is 0. The van der Waals surface area contributed by atoms with Crippen molar-refractivity contribution < 1.29 is 19.2 Å². The van der Waals surface area contributed by atoms with Gasteiger partial charge >= 0.3 is 6.03 Å². The van der Waals surface area contributed by atoms with Gasteiger partial charge in [0.15, 0.2) is 0 Å². The number of piperazine rings is 1. The molecule has 3 rings (SSSR count). The first-order valence-electron chi connectivity index (χ1n) is 7.76. The van der Waals surface area contributed by atoms with Gasteiger partial charge in [-0.15, -0.1) is 11.3 Å². The van der Waals surface area contributed by atoms with Crippen molar-refractivity contribution in [3.8, 4) is 0 Å². The monoisotopic (exact) mass is 350 g/mol. The summed E-state index contributed by atoms with van der Waals surface area (Å²) in [6.07, 6.45) is 0.474. The first-order valence-corrected chi connectivity index (χ1v) is 8.64. The lowest BCUT2D eigenvalue weighted by atomic mass is 10.1. The fourth-order valence-electron chi connectivity index (χ4n) is 2.80. The number of hydrogen-bond acceptors (Lipinski definition) is 5. The van der Waals surface area contributed by atoms with Gasteiger partial charge in [-0.1, -0.05) is 6.07 Å². The fraction of sp³-hybridized carbons (Fsp3) is 0.467. The lowest BCUT2D eigenvalue weighted by Gasteiger charge is -2.34. The molecule has 128 valence electrons. The molecule has 2 aliphatic heterocycles. The number of urea groups is 1. The Kier molecular flexibility index (Phi) is 4.79. The number of amides is 5. The number of thiophene rings is 1. The van der Waals surface area contributed by atoms with Crippen molar-refractivity contribution in [1.29, 1.82) is 0 Å². The van der Waals surface area contributed by atoms with Gasteiger partial charge in [0.1, 0.15) is 6.04 Å². The van der Waals surface area contributed by atoms with E-state index in [0.717, 1.165) is 0 Å². The average molecular weight is 350 g/mol. The first kappa shape index (κ1) is 16.4. The van der Waals surface area contributed by atoms with Crippen molar-refractivity contribution in [2.24, 2.45) is 0 Å². The average Bonchev–Trinajstić information content (AvgIpc) is 3.22. The van der Waals surface area contributed by atoms with Crippen LogP contribution in [0.3, 0.4) is 0 Å². The van der Waals surface area contributed by atoms with E-state index in [-0.39, 0.29) is 30.6 Å². The minimum atomic E-state index is -0.636. The van der Waals surface area contributed by atoms with Crippen molar-refractivity contribution in [3.05, 3.63) is 22.4 Å². The highest BCUT2D eigenvalue weighted by Crippen LogP contribution is 2.14. The quantitative estimate of drug-likeness (QED) is 0.748. The van der Waals surface area contributed by atoms with Crippen LogP contribution in [0.1, 0.15) is 22.5 Å². The van der Waals surface area contributed by atoms with Crippen molar-refractivity contribution in [2.75, 3.05) is 26.2 Å². The molecule has 2 N–H and O–H groups in total. The number of carbonyl (C=O) groups excluding carboxylic acids is 4. The highest BCUT2D eigenvalue weighted by molar-refractivity contribution is 7.12. The Morgan fingerprint density at radius 1 is 1.17 bits per heavy atom. The molecule has 0 radical (unpaired) electrons. The number of nitrogens with one attached hydrogen (secondary N) is 2. The molecule has 5 amide bonds. The summed E-state index contributed by atoms with van der Waals surface area (Å²) in [5.74, 6) is -0.450. The van der Waals surface area contributed by atoms with Crippen LogP contribution in [0.2, 0.25) is 0 Å². The molecule has 1 aromatic rings. The standard InChI is InChI=1S/C15H18N4O4S/c20-12(4-3-10-13(21)17-15(23)16-10)18-5-7-19(8-6-18)14(22)11-2-1-9-24-11/h1-2,9-10H,3-8H2,(H2,16,17,21,23)/t10-/m0/s1. The van der Waals surface area contributed by atoms with Gasteiger partial charge in [-0.2, -0.15) is 0 Å². The summed E-state index contributed by atoms with van der Waals surface area (Å²) < 4.78 is 0. The van der Waals surface area contributed by atoms with E-state index < -0.39 is 12.1 Å². The highest BCUT2D eigenvalue weighted by Gasteiger charge is 2.31. The van der Waals surface area contributed by atoms with Crippen LogP contribution in [-0.4, -0.2) is 65.8 Å². The molecule has 8 nitrogen and oxygen atoms in total. The minimum Gasteiger partial charge on any atom is -0.339 e. The van der Waals surface area contributed by atoms with Gasteiger partial charge in [-0.3, -0.25) is 19.7 Å². The number of hydrogen-bond donors (Lipinski definition) is 2. The Morgan fingerprint density at radius 3 is 2.46 bits per heavy atom. The molecule has 0 saturated carbocycles. The van der Waals surface area contributed by atoms with Crippen LogP contribution in [0.4, 0.5) is 4.79 Å². The third kappa shape index (κ3) is 3.56. The Hall–Kier alpha value is -2.42. The van der Waals surface area contributed by atoms with Gasteiger partial charge in [0.2, 0.25) is 5.91 Å². The molecule has 9 heteroatoms. The SMILES string of the molecule is O=C1NC(=O)[C@H](CCC(=O)N2CCN(C(=O)c3cccs3)CC2)N1. The number of carbonyl (C=O) groups is 4. The van der Waals surface area contributed by atoms with E-state index in [1.807, 2.05) is 11.4 Å². The summed E-state index contributed by atoms with van der Waals surface area (Å²) in [6.45, 7) is 1.98. The number of nitrogens with zero attached hydrogens (tertiary/aromatic N) is 2. The molecule has 2 fully saturated rings. The maximum Gasteiger partial charge on any atom is 0.322 e. The molecule has 1 aromatic heterocycles. The zero-order valence-electron chi connectivity index (χ0n) is 13.0. The molecular weight excluding hydrogens is 332 g/mol. The van der Waals surface area contributed by atoms with E-state index in [1.54, 1.807) is 15.9 Å². The molecule has 24 heavy (non-hydrogen) atoms. The predicted molar refractivity (Wildman–Crippen MR) is 86.5 cm³/mol. The van der Waals surface area contributed by atoms with Crippen molar-refractivity contribution in [1.82, 2.24) is 20.4 Å². The zero-order valence-corrected chi connectivity index (χ0v) is 13.8. The Labute approximate surface area is 142 Å². The van der Waals surface area contributed by atoms with E-state index in [1.165, 1.54) is 11.3 Å². The van der Waals surface area contributed by atoms with E-state index >= 15 is 0 Å². The van der Waals surface area contributed by atoms with Crippen molar-refractivity contribution in [2.45, 2.75) is 18.9 Å². The van der Waals surface area contributed by atoms with Gasteiger partial charge in [0, 0.05) is 32.6 Å². The molecule has 3 heterocycles. The first-order chi connectivity index (χ1) is 11.5. The zero-order chi connectivity index (χ0) is 17.1. The van der Waals surface area contributed by atoms with Crippen molar-refractivity contribution >= 4 is 35.1 Å². The lowest BCUT2D eigenvalue weighted by molar-refractivity contribution is -0.133. The molecule has 0 aromatic carbocycles. The van der Waals surface area contributed by atoms with Gasteiger partial charge in [-0.25, -0.2) is 4.79 Å². The van der Waals surface area contributed by atoms with Gasteiger partial charge < -0.3 is 15.1 Å². The van der Waals surface area contributed by atoms with Crippen LogP contribution in [-0.2, 0) is 9.59 Å². The van der Waals surface area contributed by atoms with Crippen LogP contribution in [0, 0.1) is 0 Å². The maximum atomic E-state index is 12.3. The second-order valence-electron chi connectivity index (χ2n) is 5.70. The highest BCUT2D eigenvalue weighted by atomic mass is 32.1. The van der Waals surface area contributed by atoms with Crippen LogP contribution >= 0.6 is 11.3 Å². The lowest BCUT2D eigenvalue weighted by Crippen LogP contribution is -2.50. The van der Waals surface area contributed by atoms with E-state index in [2.05, 4.69) is 10.6 Å². The molecule has 0 unspecified atom stereocenters. The number of imide groups is 1. The fourth-order valence-corrected chi connectivity index (χ4v) is 3.49. The van der Waals surface area contributed by atoms with E-state index in [0.29, 0.717) is 31.1 Å². The van der Waals surface area contributed by atoms with Crippen LogP contribution in [0.25, 0.3) is 0 Å². The second kappa shape index (κ2) is 7.00. The summed E-state index contributed by atoms with van der Waals surface area (Å²) in [5, 5.41) is 6.49. The molecule has 2 saturated heterocycles. The summed E-state index contributed by atoms with van der Waals surface area (Å²) in [4.78, 5) is 51.1. The third-order valence-electron chi connectivity index (χ3n) is 4.16. The molecular formula is C15H18N4O4S. The summed E-state index contributed by atoms with van der Waals surface area (Å²) in [6, 6.07) is 2.49. The Bertz CT molecular complexity index is 652. The van der Waals surface area contributed by atoms with Crippen LogP contribution in [0.5, 0.6) is 0 Å². The van der Waals surface area contributed by atoms with Crippen LogP contribution < -0.4 is 10.6 Å². The normalized spacial score (nSPS) is 20.8. The van der Waals surface area contributed by atoms with E-state index in [9.17, 15) is 19.2 Å². The smallest absolute Gasteiger partial charge is 0.322 e. The van der Waals surface area contributed by atoms with Gasteiger partial charge in [0.25, 0.3) is 11.8 Å². The van der Waals surface area contributed by atoms with E-state index in [4.69, 9.17) is 0 Å². The van der Waals surface area contributed by atoms with Gasteiger partial charge in [-0.05, 0) is 17.9 Å². The molecule has 2 aliphatic rings. The predicted octanol–water partition coefficient (Wildman–Crippen LogP) is 0.0207. The molecule has 0 aliphatic carbocycles. The van der Waals surface area contributed by atoms with Gasteiger partial charge in [0.05, 0.1) is 4.88 Å². The molecule has 1 atom stereocenters. The largest absolute Gasteiger partial charge is 0.339 e. The Morgan fingerprint density at radius 2 is 1.88 bits per heavy atom. The van der Waals surface area contributed by atoms with Crippen LogP contribution in [0.15, 0.2) is 17.5 Å². The number of rotatable bonds is 4. The third-order valence-corrected chi connectivity index (χ3v) is 5.01. The van der Waals surface area contributed by atoms with Crippen molar-refractivity contribution in [3.63, 3.8) is 0 Å². The maximum absolute atomic E-state index is 12.3. The molecule has 0 spiro atoms. The topological polar surface area (TPSA) is 98.8 Å². The minimum absolute atomic E-state index is 0.00226.